The summed E-state index contributed by atoms with van der Waals surface area (Å²) in [5, 5.41) is 5.60. The van der Waals surface area contributed by atoms with Crippen molar-refractivity contribution in [2.24, 2.45) is 5.10 Å². The third kappa shape index (κ3) is 6.25. The van der Waals surface area contributed by atoms with E-state index in [1.54, 1.807) is 12.3 Å². The summed E-state index contributed by atoms with van der Waals surface area (Å²) in [7, 11) is 0. The predicted octanol–water partition coefficient (Wildman–Crippen LogP) is 7.30. The molecule has 6 nitrogen and oxygen atoms in total. The number of pyridine rings is 1. The van der Waals surface area contributed by atoms with Gasteiger partial charge in [-0.15, -0.1) is 0 Å². The smallest absolute Gasteiger partial charge is 0.272 e. The minimum Gasteiger partial charge on any atom is -0.490 e. The lowest BCUT2D eigenvalue weighted by atomic mass is 10.0. The zero-order chi connectivity index (χ0) is 27.0. The Labute approximate surface area is 231 Å². The summed E-state index contributed by atoms with van der Waals surface area (Å²) >= 11 is 6.25. The maximum atomic E-state index is 13.2. The first kappa shape index (κ1) is 25.9. The standard InChI is InChI=1S/C32H26ClN3O3/c1-2-38-31-18-22(16-17-30(31)39-21-24-12-6-8-14-27(24)33)20-34-36-32(37)26-19-29(23-10-4-3-5-11-23)35-28-15-9-7-13-25(26)28/h3-20H,2,21H2,1H3,(H,36,37)/b34-20+. The predicted molar refractivity (Wildman–Crippen MR) is 156 cm³/mol. The van der Waals surface area contributed by atoms with Crippen LogP contribution in [-0.2, 0) is 6.61 Å². The van der Waals surface area contributed by atoms with Gasteiger partial charge in [0.15, 0.2) is 11.5 Å². The molecule has 1 amide bonds. The number of rotatable bonds is 9. The van der Waals surface area contributed by atoms with Crippen LogP contribution in [0.1, 0.15) is 28.4 Å². The number of hydrogen-bond acceptors (Lipinski definition) is 5. The highest BCUT2D eigenvalue weighted by Crippen LogP contribution is 2.30. The van der Waals surface area contributed by atoms with Crippen LogP contribution in [0.25, 0.3) is 22.2 Å². The van der Waals surface area contributed by atoms with Gasteiger partial charge in [-0.05, 0) is 48.9 Å². The first-order valence-corrected chi connectivity index (χ1v) is 12.9. The van der Waals surface area contributed by atoms with Gasteiger partial charge in [0.1, 0.15) is 6.61 Å². The quantitative estimate of drug-likeness (QED) is 0.159. The zero-order valence-corrected chi connectivity index (χ0v) is 22.1. The molecule has 1 N–H and O–H groups in total. The Hall–Kier alpha value is -4.68. The zero-order valence-electron chi connectivity index (χ0n) is 21.3. The second-order valence-corrected chi connectivity index (χ2v) is 9.06. The molecule has 1 heterocycles. The molecule has 0 bridgehead atoms. The number of nitrogens with zero attached hydrogens (tertiary/aromatic N) is 2. The van der Waals surface area contributed by atoms with Gasteiger partial charge in [-0.2, -0.15) is 5.10 Å². The minimum atomic E-state index is -0.327. The Bertz CT molecular complexity index is 1640. The van der Waals surface area contributed by atoms with Gasteiger partial charge < -0.3 is 9.47 Å². The number of nitrogens with one attached hydrogen (secondary N) is 1. The maximum Gasteiger partial charge on any atom is 0.272 e. The van der Waals surface area contributed by atoms with E-state index in [1.165, 1.54) is 0 Å². The molecular formula is C32H26ClN3O3. The molecule has 0 atom stereocenters. The molecule has 4 aromatic carbocycles. The van der Waals surface area contributed by atoms with Crippen molar-refractivity contribution in [3.8, 4) is 22.8 Å². The average molecular weight is 536 g/mol. The summed E-state index contributed by atoms with van der Waals surface area (Å²) in [5.41, 5.74) is 7.16. The molecule has 0 aliphatic heterocycles. The summed E-state index contributed by atoms with van der Waals surface area (Å²) in [4.78, 5) is 17.9. The van der Waals surface area contributed by atoms with Crippen molar-refractivity contribution >= 4 is 34.6 Å². The highest BCUT2D eigenvalue weighted by Gasteiger charge is 2.14. The van der Waals surface area contributed by atoms with Gasteiger partial charge in [0.25, 0.3) is 5.91 Å². The van der Waals surface area contributed by atoms with E-state index in [9.17, 15) is 4.79 Å². The van der Waals surface area contributed by atoms with Gasteiger partial charge in [0, 0.05) is 21.5 Å². The van der Waals surface area contributed by atoms with Crippen molar-refractivity contribution in [3.05, 3.63) is 125 Å². The lowest BCUT2D eigenvalue weighted by Gasteiger charge is -2.13. The second kappa shape index (κ2) is 12.2. The van der Waals surface area contributed by atoms with Gasteiger partial charge in [-0.25, -0.2) is 10.4 Å². The van der Waals surface area contributed by atoms with E-state index in [4.69, 9.17) is 26.1 Å². The number of amides is 1. The lowest BCUT2D eigenvalue weighted by molar-refractivity contribution is 0.0956. The van der Waals surface area contributed by atoms with Gasteiger partial charge in [-0.1, -0.05) is 78.3 Å². The molecule has 5 rings (SSSR count). The van der Waals surface area contributed by atoms with Crippen molar-refractivity contribution in [1.29, 1.82) is 0 Å². The van der Waals surface area contributed by atoms with Crippen LogP contribution in [0, 0.1) is 0 Å². The van der Waals surface area contributed by atoms with Crippen molar-refractivity contribution in [1.82, 2.24) is 10.4 Å². The summed E-state index contributed by atoms with van der Waals surface area (Å²) in [5.74, 6) is 0.842. The number of hydrogen-bond donors (Lipinski definition) is 1. The highest BCUT2D eigenvalue weighted by molar-refractivity contribution is 6.31. The number of hydrazone groups is 1. The topological polar surface area (TPSA) is 72.8 Å². The Balaban J connectivity index is 1.33. The SMILES string of the molecule is CCOc1cc(/C=N/NC(=O)c2cc(-c3ccccc3)nc3ccccc23)ccc1OCc1ccccc1Cl. The molecule has 1 aromatic heterocycles. The summed E-state index contributed by atoms with van der Waals surface area (Å²) in [6.45, 7) is 2.69. The molecular weight excluding hydrogens is 510 g/mol. The van der Waals surface area contributed by atoms with Crippen LogP contribution in [0.3, 0.4) is 0 Å². The molecule has 7 heteroatoms. The van der Waals surface area contributed by atoms with E-state index in [0.29, 0.717) is 35.3 Å². The van der Waals surface area contributed by atoms with Crippen LogP contribution in [0.2, 0.25) is 5.02 Å². The molecule has 0 radical (unpaired) electrons. The van der Waals surface area contributed by atoms with Gasteiger partial charge in [0.05, 0.1) is 29.6 Å². The monoisotopic (exact) mass is 535 g/mol. The van der Waals surface area contributed by atoms with E-state index in [2.05, 4.69) is 10.5 Å². The molecule has 0 aliphatic rings. The highest BCUT2D eigenvalue weighted by atomic mass is 35.5. The van der Waals surface area contributed by atoms with Crippen LogP contribution < -0.4 is 14.9 Å². The Morgan fingerprint density at radius 2 is 1.67 bits per heavy atom. The van der Waals surface area contributed by atoms with Crippen LogP contribution in [0.4, 0.5) is 0 Å². The van der Waals surface area contributed by atoms with Crippen LogP contribution >= 0.6 is 11.6 Å². The number of aromatic nitrogens is 1. The van der Waals surface area contributed by atoms with E-state index < -0.39 is 0 Å². The summed E-state index contributed by atoms with van der Waals surface area (Å²) in [6.07, 6.45) is 1.57. The first-order chi connectivity index (χ1) is 19.1. The molecule has 5 aromatic rings. The van der Waals surface area contributed by atoms with Gasteiger partial charge >= 0.3 is 0 Å². The van der Waals surface area contributed by atoms with E-state index >= 15 is 0 Å². The fourth-order valence-electron chi connectivity index (χ4n) is 4.11. The van der Waals surface area contributed by atoms with Gasteiger partial charge in [0.2, 0.25) is 0 Å². The molecule has 39 heavy (non-hydrogen) atoms. The van der Waals surface area contributed by atoms with Crippen LogP contribution in [0.15, 0.2) is 108 Å². The molecule has 0 aliphatic carbocycles. The number of halogens is 1. The molecule has 0 unspecified atom stereocenters. The Kier molecular flexibility index (Phi) is 8.15. The third-order valence-corrected chi connectivity index (χ3v) is 6.39. The summed E-state index contributed by atoms with van der Waals surface area (Å²) in [6, 6.07) is 32.1. The molecule has 0 spiro atoms. The molecule has 0 saturated carbocycles. The van der Waals surface area contributed by atoms with Gasteiger partial charge in [-0.3, -0.25) is 4.79 Å². The molecule has 0 saturated heterocycles. The van der Waals surface area contributed by atoms with E-state index in [0.717, 1.165) is 33.3 Å². The largest absolute Gasteiger partial charge is 0.490 e. The normalized spacial score (nSPS) is 11.0. The number of benzene rings is 4. The number of ether oxygens (including phenoxy) is 2. The molecule has 194 valence electrons. The first-order valence-electron chi connectivity index (χ1n) is 12.5. The number of carbonyl (C=O) groups excluding carboxylic acids is 1. The number of fused-ring (bicyclic) bond motifs is 1. The van der Waals surface area contributed by atoms with Crippen molar-refractivity contribution in [3.63, 3.8) is 0 Å². The third-order valence-electron chi connectivity index (χ3n) is 6.02. The molecule has 0 fully saturated rings. The fraction of sp³-hybridized carbons (Fsp3) is 0.0938. The van der Waals surface area contributed by atoms with Crippen LogP contribution in [-0.4, -0.2) is 23.7 Å². The van der Waals surface area contributed by atoms with Crippen LogP contribution in [0.5, 0.6) is 11.5 Å². The summed E-state index contributed by atoms with van der Waals surface area (Å²) < 4.78 is 11.8. The average Bonchev–Trinajstić information content (AvgIpc) is 2.97. The number of carbonyl (C=O) groups is 1. The van der Waals surface area contributed by atoms with E-state index in [1.807, 2.05) is 104 Å². The van der Waals surface area contributed by atoms with Crippen molar-refractivity contribution in [2.75, 3.05) is 6.61 Å². The maximum absolute atomic E-state index is 13.2. The van der Waals surface area contributed by atoms with Crippen molar-refractivity contribution in [2.45, 2.75) is 13.5 Å². The Morgan fingerprint density at radius 3 is 2.49 bits per heavy atom. The fourth-order valence-corrected chi connectivity index (χ4v) is 4.30. The van der Waals surface area contributed by atoms with E-state index in [-0.39, 0.29) is 5.91 Å². The Morgan fingerprint density at radius 1 is 0.897 bits per heavy atom. The second-order valence-electron chi connectivity index (χ2n) is 8.66. The lowest BCUT2D eigenvalue weighted by Crippen LogP contribution is -2.18. The number of para-hydroxylation sites is 1. The minimum absolute atomic E-state index is 0.314. The van der Waals surface area contributed by atoms with Crippen molar-refractivity contribution < 1.29 is 14.3 Å².